The highest BCUT2D eigenvalue weighted by atomic mass is 32.2. The number of primary amides is 1. The topological polar surface area (TPSA) is 127 Å². The third-order valence-electron chi connectivity index (χ3n) is 4.57. The molecule has 4 rings (SSSR count). The van der Waals surface area contributed by atoms with Gasteiger partial charge in [-0.25, -0.2) is 22.2 Å². The Morgan fingerprint density at radius 2 is 1.55 bits per heavy atom. The van der Waals surface area contributed by atoms with Gasteiger partial charge in [-0.05, 0) is 48.5 Å². The number of rotatable bonds is 7. The van der Waals surface area contributed by atoms with Crippen molar-refractivity contribution in [1.82, 2.24) is 9.82 Å². The summed E-state index contributed by atoms with van der Waals surface area (Å²) in [6, 6.07) is 17.0. The Balaban J connectivity index is 1.60. The molecule has 0 atom stereocenters. The van der Waals surface area contributed by atoms with Crippen LogP contribution in [0.4, 0.5) is 14.5 Å². The smallest absolute Gasteiger partial charge is 0.271 e. The molecule has 1 aromatic heterocycles. The van der Waals surface area contributed by atoms with Crippen molar-refractivity contribution in [2.75, 3.05) is 5.43 Å². The fourth-order valence-corrected chi connectivity index (χ4v) is 3.87. The number of nitrogens with two attached hydrogens (primary N) is 1. The lowest BCUT2D eigenvalue weighted by atomic mass is 10.1. The number of halogens is 2. The number of hydrazine groups is 1. The lowest BCUT2D eigenvalue weighted by Gasteiger charge is -2.10. The van der Waals surface area contributed by atoms with Crippen molar-refractivity contribution < 1.29 is 26.4 Å². The van der Waals surface area contributed by atoms with Crippen LogP contribution in [0.1, 0.15) is 10.5 Å². The van der Waals surface area contributed by atoms with Crippen LogP contribution >= 0.6 is 0 Å². The molecule has 0 saturated heterocycles. The highest BCUT2D eigenvalue weighted by molar-refractivity contribution is 7.89. The van der Waals surface area contributed by atoms with Crippen LogP contribution in [0, 0.1) is 11.6 Å². The largest absolute Gasteiger partial charge is 0.435 e. The molecule has 1 amide bonds. The Morgan fingerprint density at radius 3 is 2.15 bits per heavy atom. The highest BCUT2D eigenvalue weighted by Crippen LogP contribution is 2.32. The summed E-state index contributed by atoms with van der Waals surface area (Å²) in [5.74, 6) is -3.30. The molecule has 168 valence electrons. The van der Waals surface area contributed by atoms with Crippen molar-refractivity contribution in [3.05, 3.63) is 90.1 Å². The minimum atomic E-state index is -3.80. The average Bonchev–Trinajstić information content (AvgIpc) is 3.24. The third-order valence-corrected chi connectivity index (χ3v) is 5.83. The van der Waals surface area contributed by atoms with Gasteiger partial charge in [0.05, 0.1) is 4.90 Å². The van der Waals surface area contributed by atoms with Gasteiger partial charge in [0.25, 0.3) is 15.9 Å². The molecular weight excluding hydrogens is 454 g/mol. The summed E-state index contributed by atoms with van der Waals surface area (Å²) in [6.45, 7) is 0. The summed E-state index contributed by atoms with van der Waals surface area (Å²) < 4.78 is 58.3. The lowest BCUT2D eigenvalue weighted by molar-refractivity contribution is 0.0996. The average molecular weight is 470 g/mol. The minimum Gasteiger partial charge on any atom is -0.435 e. The fourth-order valence-electron chi connectivity index (χ4n) is 2.98. The first-order chi connectivity index (χ1) is 15.8. The zero-order chi connectivity index (χ0) is 23.6. The minimum absolute atomic E-state index is 0.0785. The van der Waals surface area contributed by atoms with Crippen molar-refractivity contribution in [2.24, 2.45) is 5.73 Å². The maximum absolute atomic E-state index is 14.1. The van der Waals surface area contributed by atoms with Gasteiger partial charge in [-0.3, -0.25) is 4.79 Å². The number of hydrogen-bond acceptors (Lipinski definition) is 6. The van der Waals surface area contributed by atoms with Crippen molar-refractivity contribution in [3.8, 4) is 22.8 Å². The first kappa shape index (κ1) is 22.1. The molecule has 0 aliphatic heterocycles. The molecule has 0 radical (unpaired) electrons. The zero-order valence-corrected chi connectivity index (χ0v) is 17.6. The van der Waals surface area contributed by atoms with Crippen LogP contribution in [-0.2, 0) is 10.0 Å². The second-order valence-electron chi connectivity index (χ2n) is 6.78. The Labute approximate surface area is 187 Å². The number of hydrogen-bond donors (Lipinski definition) is 3. The molecule has 0 unspecified atom stereocenters. The van der Waals surface area contributed by atoms with Crippen LogP contribution in [0.2, 0.25) is 0 Å². The number of nitrogens with one attached hydrogen (secondary N) is 2. The molecule has 11 heteroatoms. The van der Waals surface area contributed by atoms with Crippen LogP contribution < -0.4 is 16.0 Å². The van der Waals surface area contributed by atoms with Gasteiger partial charge in [0.15, 0.2) is 11.5 Å². The summed E-state index contributed by atoms with van der Waals surface area (Å²) in [7, 11) is -3.80. The number of carbonyl (C=O) groups excluding carboxylic acids is 1. The molecule has 1 heterocycles. The van der Waals surface area contributed by atoms with Gasteiger partial charge in [0.2, 0.25) is 5.89 Å². The van der Waals surface area contributed by atoms with Crippen molar-refractivity contribution in [1.29, 1.82) is 0 Å². The van der Waals surface area contributed by atoms with E-state index in [1.54, 1.807) is 18.2 Å². The Bertz CT molecular complexity index is 1400. The number of nitrogens with zero attached hydrogens (tertiary/aromatic N) is 1. The van der Waals surface area contributed by atoms with Crippen molar-refractivity contribution in [2.45, 2.75) is 4.90 Å². The lowest BCUT2D eigenvalue weighted by Crippen LogP contribution is -2.29. The van der Waals surface area contributed by atoms with Crippen LogP contribution in [0.5, 0.6) is 0 Å². The van der Waals surface area contributed by atoms with E-state index in [0.717, 1.165) is 12.1 Å². The summed E-state index contributed by atoms with van der Waals surface area (Å²) in [5.41, 5.74) is 7.80. The number of aromatic nitrogens is 1. The quantitative estimate of drug-likeness (QED) is 0.354. The number of carbonyl (C=O) groups is 1. The van der Waals surface area contributed by atoms with E-state index in [9.17, 15) is 22.0 Å². The second-order valence-corrected chi connectivity index (χ2v) is 8.46. The highest BCUT2D eigenvalue weighted by Gasteiger charge is 2.24. The Morgan fingerprint density at radius 1 is 0.909 bits per heavy atom. The summed E-state index contributed by atoms with van der Waals surface area (Å²) in [4.78, 5) is 18.0. The third kappa shape index (κ3) is 4.59. The number of anilines is 1. The standard InChI is InChI=1S/C22H16F2N4O4S/c23-16-7-4-8-17(24)18(16)22-26-19(21(25)29)20(32-22)13-9-11-14(12-10-13)27-28-33(30,31)15-5-2-1-3-6-15/h1-12,27-28H,(H2,25,29). The monoisotopic (exact) mass is 470 g/mol. The summed E-state index contributed by atoms with van der Waals surface area (Å²) in [5, 5.41) is 0. The van der Waals surface area contributed by atoms with Crippen LogP contribution in [-0.4, -0.2) is 19.3 Å². The molecule has 8 nitrogen and oxygen atoms in total. The van der Waals surface area contributed by atoms with Crippen LogP contribution in [0.3, 0.4) is 0 Å². The summed E-state index contributed by atoms with van der Waals surface area (Å²) >= 11 is 0. The van der Waals surface area contributed by atoms with E-state index in [2.05, 4.69) is 15.2 Å². The van der Waals surface area contributed by atoms with Gasteiger partial charge in [-0.1, -0.05) is 24.3 Å². The maximum Gasteiger partial charge on any atom is 0.271 e. The van der Waals surface area contributed by atoms with Gasteiger partial charge >= 0.3 is 0 Å². The van der Waals surface area contributed by atoms with Crippen LogP contribution in [0.25, 0.3) is 22.8 Å². The predicted octanol–water partition coefficient (Wildman–Crippen LogP) is 3.69. The molecule has 0 bridgehead atoms. The molecule has 0 aliphatic carbocycles. The fraction of sp³-hybridized carbons (Fsp3) is 0. The number of sulfonamides is 1. The van der Waals surface area contributed by atoms with Crippen molar-refractivity contribution in [3.63, 3.8) is 0 Å². The van der Waals surface area contributed by atoms with E-state index >= 15 is 0 Å². The summed E-state index contributed by atoms with van der Waals surface area (Å²) in [6.07, 6.45) is 0. The van der Waals surface area contributed by atoms with Gasteiger partial charge in [-0.15, -0.1) is 4.83 Å². The molecule has 3 aromatic carbocycles. The molecule has 0 fully saturated rings. The number of amides is 1. The van der Waals surface area contributed by atoms with Gasteiger partial charge in [0, 0.05) is 11.3 Å². The first-order valence-corrected chi connectivity index (χ1v) is 10.9. The normalized spacial score (nSPS) is 11.3. The molecular formula is C22H16F2N4O4S. The number of oxazole rings is 1. The molecule has 0 aliphatic rings. The van der Waals surface area contributed by atoms with E-state index in [-0.39, 0.29) is 16.3 Å². The predicted molar refractivity (Wildman–Crippen MR) is 116 cm³/mol. The Hall–Kier alpha value is -4.09. The zero-order valence-electron chi connectivity index (χ0n) is 16.7. The molecule has 0 spiro atoms. The molecule has 4 N–H and O–H groups in total. The van der Waals surface area contributed by atoms with Crippen molar-refractivity contribution >= 4 is 21.6 Å². The SMILES string of the molecule is NC(=O)c1nc(-c2c(F)cccc2F)oc1-c1ccc(NNS(=O)(=O)c2ccccc2)cc1. The van der Waals surface area contributed by atoms with E-state index in [1.807, 2.05) is 0 Å². The number of benzene rings is 3. The van der Waals surface area contributed by atoms with Gasteiger partial charge < -0.3 is 15.6 Å². The van der Waals surface area contributed by atoms with E-state index in [0.29, 0.717) is 11.3 Å². The van der Waals surface area contributed by atoms with E-state index in [4.69, 9.17) is 10.2 Å². The molecule has 33 heavy (non-hydrogen) atoms. The molecule has 4 aromatic rings. The van der Waals surface area contributed by atoms with E-state index < -0.39 is 39.0 Å². The second kappa shape index (κ2) is 8.81. The first-order valence-electron chi connectivity index (χ1n) is 9.44. The Kier molecular flexibility index (Phi) is 5.90. The molecule has 0 saturated carbocycles. The maximum atomic E-state index is 14.1. The van der Waals surface area contributed by atoms with Gasteiger partial charge in [-0.2, -0.15) is 0 Å². The van der Waals surface area contributed by atoms with E-state index in [1.165, 1.54) is 42.5 Å². The van der Waals surface area contributed by atoms with Gasteiger partial charge in [0.1, 0.15) is 17.2 Å². The van der Waals surface area contributed by atoms with Crippen LogP contribution in [0.15, 0.2) is 82.1 Å².